The lowest BCUT2D eigenvalue weighted by Crippen LogP contribution is -1.90. The molecule has 0 N–H and O–H groups in total. The molecule has 0 spiro atoms. The largest absolute Gasteiger partial charge is 0.332 e. The number of hydrogen-bond donors (Lipinski definition) is 0. The van der Waals surface area contributed by atoms with E-state index in [1.807, 2.05) is 0 Å². The third-order valence-electron chi connectivity index (χ3n) is 1.79. The fourth-order valence-electron chi connectivity index (χ4n) is 1.22. The molecule has 2 saturated heterocycles. The van der Waals surface area contributed by atoms with Crippen molar-refractivity contribution in [3.05, 3.63) is 0 Å². The molecule has 6 heteroatoms. The first-order valence-corrected chi connectivity index (χ1v) is 7.24. The Kier molecular flexibility index (Phi) is 4.36. The van der Waals surface area contributed by atoms with Crippen LogP contribution in [0.15, 0.2) is 0 Å². The van der Waals surface area contributed by atoms with E-state index in [9.17, 15) is 0 Å². The Hall–Kier alpha value is 0.700. The molecule has 0 aromatic rings. The average Bonchev–Trinajstić information content (AvgIpc) is 2.75. The highest BCUT2D eigenvalue weighted by Gasteiger charge is 2.20. The molecular formula is C7H14O4P2. The summed E-state index contributed by atoms with van der Waals surface area (Å²) in [6.45, 7) is 3.09. The minimum Gasteiger partial charge on any atom is -0.332 e. The fourth-order valence-corrected chi connectivity index (χ4v) is 4.08. The Balaban J connectivity index is 1.52. The van der Waals surface area contributed by atoms with Gasteiger partial charge in [0.2, 0.25) is 0 Å². The van der Waals surface area contributed by atoms with Crippen molar-refractivity contribution in [1.82, 2.24) is 0 Å². The highest BCUT2D eigenvalue weighted by Crippen LogP contribution is 2.47. The summed E-state index contributed by atoms with van der Waals surface area (Å²) in [4.78, 5) is 0. The van der Waals surface area contributed by atoms with Crippen molar-refractivity contribution in [2.45, 2.75) is 6.42 Å². The number of hydrogen-bond acceptors (Lipinski definition) is 4. The maximum Gasteiger partial charge on any atom is 0.170 e. The summed E-state index contributed by atoms with van der Waals surface area (Å²) in [6, 6.07) is 0. The second-order valence-corrected chi connectivity index (χ2v) is 6.06. The Morgan fingerprint density at radius 3 is 1.46 bits per heavy atom. The van der Waals surface area contributed by atoms with Gasteiger partial charge < -0.3 is 18.1 Å². The second-order valence-electron chi connectivity index (χ2n) is 2.80. The molecule has 0 aromatic heterocycles. The van der Waals surface area contributed by atoms with Crippen molar-refractivity contribution in [3.63, 3.8) is 0 Å². The molecule has 4 nitrogen and oxygen atoms in total. The van der Waals surface area contributed by atoms with Gasteiger partial charge in [0, 0.05) is 12.3 Å². The molecule has 0 saturated carbocycles. The van der Waals surface area contributed by atoms with E-state index in [4.69, 9.17) is 18.1 Å². The van der Waals surface area contributed by atoms with Crippen LogP contribution < -0.4 is 0 Å². The number of rotatable bonds is 4. The van der Waals surface area contributed by atoms with Gasteiger partial charge in [-0.3, -0.25) is 0 Å². The summed E-state index contributed by atoms with van der Waals surface area (Å²) in [5, 5.41) is 0. The first kappa shape index (κ1) is 10.2. The standard InChI is InChI=1S/C7H14O4P2/c1(6-12-8-2-3-9-12)7-13-10-4-5-11-13/h1-7H2. The Morgan fingerprint density at radius 2 is 1.08 bits per heavy atom. The summed E-state index contributed by atoms with van der Waals surface area (Å²) < 4.78 is 21.5. The molecule has 13 heavy (non-hydrogen) atoms. The quantitative estimate of drug-likeness (QED) is 0.685. The van der Waals surface area contributed by atoms with Crippen molar-refractivity contribution in [2.24, 2.45) is 0 Å². The summed E-state index contributed by atoms with van der Waals surface area (Å²) in [5.74, 6) is 0. The Morgan fingerprint density at radius 1 is 0.692 bits per heavy atom. The van der Waals surface area contributed by atoms with Gasteiger partial charge in [-0.05, 0) is 6.42 Å². The van der Waals surface area contributed by atoms with E-state index in [1.54, 1.807) is 0 Å². The monoisotopic (exact) mass is 224 g/mol. The third-order valence-corrected chi connectivity index (χ3v) is 5.03. The predicted molar refractivity (Wildman–Crippen MR) is 52.0 cm³/mol. The van der Waals surface area contributed by atoms with E-state index in [0.29, 0.717) is 0 Å². The first-order chi connectivity index (χ1) is 6.45. The minimum atomic E-state index is -0.566. The van der Waals surface area contributed by atoms with E-state index < -0.39 is 16.8 Å². The molecule has 76 valence electrons. The molecule has 0 aliphatic carbocycles. The summed E-state index contributed by atoms with van der Waals surface area (Å²) >= 11 is 0. The smallest absolute Gasteiger partial charge is 0.170 e. The third kappa shape index (κ3) is 3.39. The van der Waals surface area contributed by atoms with E-state index in [2.05, 4.69) is 0 Å². The van der Waals surface area contributed by atoms with Crippen LogP contribution in [-0.2, 0) is 18.1 Å². The van der Waals surface area contributed by atoms with Crippen LogP contribution in [0.4, 0.5) is 0 Å². The van der Waals surface area contributed by atoms with E-state index in [-0.39, 0.29) is 0 Å². The van der Waals surface area contributed by atoms with Crippen LogP contribution >= 0.6 is 16.8 Å². The average molecular weight is 224 g/mol. The second kappa shape index (κ2) is 5.55. The minimum absolute atomic E-state index is 0.566. The predicted octanol–water partition coefficient (Wildman–Crippen LogP) is 2.09. The van der Waals surface area contributed by atoms with Crippen molar-refractivity contribution < 1.29 is 18.1 Å². The fraction of sp³-hybridized carbons (Fsp3) is 1.00. The van der Waals surface area contributed by atoms with Gasteiger partial charge in [-0.15, -0.1) is 0 Å². The molecule has 0 radical (unpaired) electrons. The first-order valence-electron chi connectivity index (χ1n) is 4.52. The van der Waals surface area contributed by atoms with E-state index in [1.165, 1.54) is 0 Å². The lowest BCUT2D eigenvalue weighted by Gasteiger charge is -2.09. The van der Waals surface area contributed by atoms with Crippen LogP contribution in [0.25, 0.3) is 0 Å². The lowest BCUT2D eigenvalue weighted by atomic mass is 10.6. The lowest BCUT2D eigenvalue weighted by molar-refractivity contribution is 0.365. The van der Waals surface area contributed by atoms with Crippen molar-refractivity contribution in [2.75, 3.05) is 38.8 Å². The molecule has 0 bridgehead atoms. The van der Waals surface area contributed by atoms with Gasteiger partial charge in [-0.25, -0.2) is 0 Å². The molecule has 0 amide bonds. The Labute approximate surface area is 80.7 Å². The van der Waals surface area contributed by atoms with Crippen molar-refractivity contribution >= 4 is 16.8 Å². The molecule has 2 fully saturated rings. The molecule has 0 aromatic carbocycles. The van der Waals surface area contributed by atoms with Crippen LogP contribution in [0.5, 0.6) is 0 Å². The van der Waals surface area contributed by atoms with Crippen LogP contribution in [0.1, 0.15) is 6.42 Å². The molecule has 2 aliphatic heterocycles. The summed E-state index contributed by atoms with van der Waals surface area (Å²) in [6.07, 6.45) is 3.15. The topological polar surface area (TPSA) is 36.9 Å². The van der Waals surface area contributed by atoms with Gasteiger partial charge in [-0.2, -0.15) is 0 Å². The van der Waals surface area contributed by atoms with Crippen molar-refractivity contribution in [3.8, 4) is 0 Å². The van der Waals surface area contributed by atoms with Gasteiger partial charge in [0.15, 0.2) is 16.8 Å². The maximum absolute atomic E-state index is 5.39. The molecule has 2 heterocycles. The van der Waals surface area contributed by atoms with Crippen LogP contribution in [-0.4, -0.2) is 38.8 Å². The van der Waals surface area contributed by atoms with Gasteiger partial charge in [-0.1, -0.05) is 0 Å². The normalized spacial score (nSPS) is 25.8. The molecule has 0 unspecified atom stereocenters. The zero-order valence-electron chi connectivity index (χ0n) is 7.48. The van der Waals surface area contributed by atoms with Gasteiger partial charge in [0.25, 0.3) is 0 Å². The van der Waals surface area contributed by atoms with E-state index >= 15 is 0 Å². The van der Waals surface area contributed by atoms with Gasteiger partial charge in [0.05, 0.1) is 26.4 Å². The van der Waals surface area contributed by atoms with Gasteiger partial charge in [0.1, 0.15) is 0 Å². The van der Waals surface area contributed by atoms with Crippen molar-refractivity contribution in [1.29, 1.82) is 0 Å². The molecule has 2 rings (SSSR count). The molecular weight excluding hydrogens is 210 g/mol. The summed E-state index contributed by atoms with van der Waals surface area (Å²) in [7, 11) is -1.13. The molecule has 0 atom stereocenters. The van der Waals surface area contributed by atoms with Crippen LogP contribution in [0.3, 0.4) is 0 Å². The maximum atomic E-state index is 5.39. The van der Waals surface area contributed by atoms with E-state index in [0.717, 1.165) is 45.2 Å². The van der Waals surface area contributed by atoms with Gasteiger partial charge >= 0.3 is 0 Å². The SMILES string of the molecule is C(CP1OCCO1)CP1OCCO1. The highest BCUT2D eigenvalue weighted by atomic mass is 31.2. The zero-order valence-corrected chi connectivity index (χ0v) is 9.27. The summed E-state index contributed by atoms with van der Waals surface area (Å²) in [5.41, 5.74) is 0. The Bertz CT molecular complexity index is 129. The zero-order chi connectivity index (χ0) is 8.93. The van der Waals surface area contributed by atoms with Crippen LogP contribution in [0, 0.1) is 0 Å². The molecule has 2 aliphatic rings. The van der Waals surface area contributed by atoms with Crippen LogP contribution in [0.2, 0.25) is 0 Å². The highest BCUT2D eigenvalue weighted by molar-refractivity contribution is 7.48.